The number of carbonyl (C=O) groups is 1. The molecule has 1 amide bonds. The summed E-state index contributed by atoms with van der Waals surface area (Å²) in [6, 6.07) is 9.83. The minimum atomic E-state index is -0.510. The highest BCUT2D eigenvalue weighted by atomic mass is 35.5. The molecule has 0 spiro atoms. The molecule has 0 saturated heterocycles. The maximum Gasteiger partial charge on any atom is 0.258 e. The molecule has 1 aliphatic carbocycles. The summed E-state index contributed by atoms with van der Waals surface area (Å²) in [5.74, 6) is -0.113. The molecule has 1 heterocycles. The highest BCUT2D eigenvalue weighted by Crippen LogP contribution is 2.40. The van der Waals surface area contributed by atoms with Crippen LogP contribution >= 0.6 is 23.7 Å². The molecule has 2 aromatic carbocycles. The molecule has 0 unspecified atom stereocenters. The average Bonchev–Trinajstić information content (AvgIpc) is 3.70. The second-order valence-electron chi connectivity index (χ2n) is 8.93. The first-order valence-electron chi connectivity index (χ1n) is 11.8. The van der Waals surface area contributed by atoms with E-state index in [0.29, 0.717) is 18.2 Å². The van der Waals surface area contributed by atoms with Crippen LogP contribution in [0.2, 0.25) is 5.02 Å². The molecule has 1 fully saturated rings. The number of carbonyl (C=O) groups excluding carboxylic acids is 1. The van der Waals surface area contributed by atoms with E-state index in [1.807, 2.05) is 0 Å². The molecular weight excluding hydrogens is 517 g/mol. The van der Waals surface area contributed by atoms with Crippen molar-refractivity contribution in [1.82, 2.24) is 14.6 Å². The van der Waals surface area contributed by atoms with Gasteiger partial charge in [-0.15, -0.1) is 0 Å². The number of nitrogens with zero attached hydrogens (tertiary/aromatic N) is 1. The Morgan fingerprint density at radius 2 is 1.97 bits per heavy atom. The number of aromatic nitrogens is 1. The summed E-state index contributed by atoms with van der Waals surface area (Å²) in [7, 11) is 3.28. The van der Waals surface area contributed by atoms with E-state index in [1.165, 1.54) is 29.8 Å². The lowest BCUT2D eigenvalue weighted by Gasteiger charge is -2.22. The zero-order valence-corrected chi connectivity index (χ0v) is 22.6. The Bertz CT molecular complexity index is 1390. The number of rotatable bonds is 10. The quantitative estimate of drug-likeness (QED) is 0.244. The lowest BCUT2D eigenvalue weighted by Crippen LogP contribution is -2.31. The summed E-state index contributed by atoms with van der Waals surface area (Å²) in [5, 5.41) is 6.17. The largest absolute Gasteiger partial charge is 0.454 e. The van der Waals surface area contributed by atoms with E-state index in [4.69, 9.17) is 16.3 Å². The second-order valence-corrected chi connectivity index (χ2v) is 10.1. The zero-order chi connectivity index (χ0) is 26.7. The van der Waals surface area contributed by atoms with Crippen LogP contribution in [0.25, 0.3) is 0 Å². The van der Waals surface area contributed by atoms with Crippen molar-refractivity contribution < 1.29 is 13.9 Å². The fourth-order valence-corrected chi connectivity index (χ4v) is 4.43. The third-order valence-electron chi connectivity index (χ3n) is 6.06. The molecule has 4 rings (SSSR count). The van der Waals surface area contributed by atoms with Crippen molar-refractivity contribution in [1.29, 1.82) is 0 Å². The van der Waals surface area contributed by atoms with Gasteiger partial charge >= 0.3 is 0 Å². The molecule has 0 atom stereocenters. The summed E-state index contributed by atoms with van der Waals surface area (Å²) in [4.78, 5) is 26.8. The van der Waals surface area contributed by atoms with Gasteiger partial charge < -0.3 is 20.1 Å². The molecule has 0 bridgehead atoms. The Balaban J connectivity index is 1.84. The topological polar surface area (TPSA) is 96.4 Å². The second kappa shape index (κ2) is 11.5. The SMILES string of the molecule is CNSNc1cccc(Oc2c(C(=O)NCC3CC3)c(Nc3ccc(C)cc3F)n(C)c(=O)c2C)c1Cl. The maximum absolute atomic E-state index is 14.8. The third kappa shape index (κ3) is 6.03. The first-order chi connectivity index (χ1) is 17.7. The van der Waals surface area contributed by atoms with Crippen molar-refractivity contribution in [3.63, 3.8) is 0 Å². The zero-order valence-electron chi connectivity index (χ0n) is 21.0. The Morgan fingerprint density at radius 1 is 1.22 bits per heavy atom. The van der Waals surface area contributed by atoms with Crippen LogP contribution in [0.15, 0.2) is 41.2 Å². The van der Waals surface area contributed by atoms with Gasteiger partial charge in [0.1, 0.15) is 28.0 Å². The van der Waals surface area contributed by atoms with Crippen LogP contribution in [0.5, 0.6) is 11.5 Å². The summed E-state index contributed by atoms with van der Waals surface area (Å²) in [5.41, 5.74) is 1.35. The highest BCUT2D eigenvalue weighted by Gasteiger charge is 2.29. The van der Waals surface area contributed by atoms with Gasteiger partial charge in [0.15, 0.2) is 5.75 Å². The Hall–Kier alpha value is -3.21. The van der Waals surface area contributed by atoms with Crippen LogP contribution < -0.4 is 30.4 Å². The van der Waals surface area contributed by atoms with E-state index >= 15 is 0 Å². The van der Waals surface area contributed by atoms with E-state index in [2.05, 4.69) is 20.1 Å². The van der Waals surface area contributed by atoms with E-state index in [-0.39, 0.29) is 39.2 Å². The lowest BCUT2D eigenvalue weighted by molar-refractivity contribution is 0.0949. The van der Waals surface area contributed by atoms with Crippen molar-refractivity contribution in [3.8, 4) is 11.5 Å². The standard InChI is InChI=1S/C26H29ClFN5O3S/c1-14-8-11-18(17(28)12-14)31-24-21(25(34)30-13-16-9-10-16)23(15(2)26(35)33(24)4)36-20-7-5-6-19(22(20)27)32-37-29-3/h5-8,11-12,16,29,31-32H,9-10,13H2,1-4H3,(H,30,34). The van der Waals surface area contributed by atoms with E-state index in [1.54, 1.807) is 51.2 Å². The van der Waals surface area contributed by atoms with Gasteiger partial charge in [-0.3, -0.25) is 14.2 Å². The molecule has 8 nitrogen and oxygen atoms in total. The summed E-state index contributed by atoms with van der Waals surface area (Å²) in [6.45, 7) is 3.86. The molecule has 37 heavy (non-hydrogen) atoms. The smallest absolute Gasteiger partial charge is 0.258 e. The van der Waals surface area contributed by atoms with Gasteiger partial charge in [0.25, 0.3) is 11.5 Å². The summed E-state index contributed by atoms with van der Waals surface area (Å²) < 4.78 is 28.2. The maximum atomic E-state index is 14.8. The Kier molecular flexibility index (Phi) is 8.31. The van der Waals surface area contributed by atoms with Gasteiger partial charge in [-0.05, 0) is 69.5 Å². The van der Waals surface area contributed by atoms with Crippen LogP contribution in [-0.2, 0) is 7.05 Å². The summed E-state index contributed by atoms with van der Waals surface area (Å²) >= 11 is 7.81. The summed E-state index contributed by atoms with van der Waals surface area (Å²) in [6.07, 6.45) is 2.10. The number of ether oxygens (including phenoxy) is 1. The average molecular weight is 546 g/mol. The van der Waals surface area contributed by atoms with Crippen molar-refractivity contribution in [2.45, 2.75) is 26.7 Å². The van der Waals surface area contributed by atoms with Crippen molar-refractivity contribution in [2.75, 3.05) is 23.6 Å². The van der Waals surface area contributed by atoms with Crippen molar-refractivity contribution in [3.05, 3.63) is 74.3 Å². The number of benzene rings is 2. The van der Waals surface area contributed by atoms with Crippen LogP contribution in [0.1, 0.15) is 34.3 Å². The van der Waals surface area contributed by atoms with Gasteiger partial charge in [-0.25, -0.2) is 9.11 Å². The number of hydrogen-bond donors (Lipinski definition) is 4. The first kappa shape index (κ1) is 26.8. The number of amides is 1. The van der Waals surface area contributed by atoms with Crippen LogP contribution in [0, 0.1) is 25.6 Å². The molecule has 0 radical (unpaired) electrons. The molecule has 3 aromatic rings. The Labute approximate surface area is 224 Å². The van der Waals surface area contributed by atoms with E-state index in [9.17, 15) is 14.0 Å². The number of nitrogens with one attached hydrogen (secondary N) is 4. The number of aryl methyl sites for hydroxylation is 1. The van der Waals surface area contributed by atoms with Crippen molar-refractivity contribution in [2.24, 2.45) is 13.0 Å². The first-order valence-corrected chi connectivity index (χ1v) is 13.0. The van der Waals surface area contributed by atoms with Gasteiger partial charge in [0, 0.05) is 25.7 Å². The monoisotopic (exact) mass is 545 g/mol. The normalized spacial score (nSPS) is 12.8. The van der Waals surface area contributed by atoms with E-state index in [0.717, 1.165) is 18.4 Å². The highest BCUT2D eigenvalue weighted by molar-refractivity contribution is 7.98. The van der Waals surface area contributed by atoms with Gasteiger partial charge in [-0.2, -0.15) is 0 Å². The minimum Gasteiger partial charge on any atom is -0.454 e. The molecule has 0 aliphatic heterocycles. The van der Waals surface area contributed by atoms with Gasteiger partial charge in [0.2, 0.25) is 0 Å². The lowest BCUT2D eigenvalue weighted by atomic mass is 10.1. The molecule has 1 aromatic heterocycles. The van der Waals surface area contributed by atoms with Crippen molar-refractivity contribution >= 4 is 46.8 Å². The predicted octanol–water partition coefficient (Wildman–Crippen LogP) is 5.66. The van der Waals surface area contributed by atoms with Crippen LogP contribution in [-0.4, -0.2) is 24.1 Å². The fraction of sp³-hybridized carbons (Fsp3) is 0.308. The molecule has 1 saturated carbocycles. The van der Waals surface area contributed by atoms with Gasteiger partial charge in [0.05, 0.1) is 16.9 Å². The number of anilines is 3. The molecule has 196 valence electrons. The number of hydrogen-bond acceptors (Lipinski definition) is 7. The van der Waals surface area contributed by atoms with Crippen LogP contribution in [0.3, 0.4) is 0 Å². The molecule has 4 N–H and O–H groups in total. The van der Waals surface area contributed by atoms with Crippen LogP contribution in [0.4, 0.5) is 21.6 Å². The molecule has 1 aliphatic rings. The molecular formula is C26H29ClFN5O3S. The predicted molar refractivity (Wildman–Crippen MR) is 148 cm³/mol. The third-order valence-corrected chi connectivity index (χ3v) is 6.97. The fourth-order valence-electron chi connectivity index (χ4n) is 3.78. The minimum absolute atomic E-state index is 0.0479. The number of halogens is 2. The Morgan fingerprint density at radius 3 is 2.65 bits per heavy atom. The van der Waals surface area contributed by atoms with Gasteiger partial charge in [-0.1, -0.05) is 23.7 Å². The van der Waals surface area contributed by atoms with E-state index < -0.39 is 17.3 Å². The molecule has 11 heteroatoms. The number of pyridine rings is 1.